The van der Waals surface area contributed by atoms with Gasteiger partial charge in [-0.1, -0.05) is 0 Å². The molecule has 0 spiro atoms. The molecule has 3 aromatic heterocycles. The second kappa shape index (κ2) is 7.93. The van der Waals surface area contributed by atoms with Crippen LogP contribution in [0.4, 0.5) is 0 Å². The zero-order valence-electron chi connectivity index (χ0n) is 16.9. The first-order chi connectivity index (χ1) is 13.5. The van der Waals surface area contributed by atoms with E-state index in [0.29, 0.717) is 12.2 Å². The highest BCUT2D eigenvalue weighted by molar-refractivity contribution is 7.15. The molecule has 4 heterocycles. The first-order valence-electron chi connectivity index (χ1n) is 9.83. The Morgan fingerprint density at radius 2 is 2.00 bits per heavy atom. The molecule has 8 heteroatoms. The number of piperidine rings is 1. The van der Waals surface area contributed by atoms with E-state index in [1.54, 1.807) is 22.7 Å². The lowest BCUT2D eigenvalue weighted by Crippen LogP contribution is -2.36. The Bertz CT molecular complexity index is 982. The zero-order valence-corrected chi connectivity index (χ0v) is 18.6. The topological polar surface area (TPSA) is 53.7 Å². The molecule has 28 heavy (non-hydrogen) atoms. The van der Waals surface area contributed by atoms with Gasteiger partial charge < -0.3 is 4.90 Å². The van der Waals surface area contributed by atoms with Gasteiger partial charge in [0, 0.05) is 36.1 Å². The average Bonchev–Trinajstić information content (AvgIpc) is 3.37. The maximum Gasteiger partial charge on any atom is 0.274 e. The minimum Gasteiger partial charge on any atom is -0.337 e. The SMILES string of the molecule is Cc1nc([C@H](C)N(C)Cc2c(C(=O)N3CCCCC3)nc3sccn23)c(C)s1. The number of carbonyl (C=O) groups excluding carboxylic acids is 1. The third-order valence-electron chi connectivity index (χ3n) is 5.60. The standard InChI is InChI=1S/C20H27N5OS2/c1-13(17-14(2)28-15(3)21-17)23(4)12-16-18(22-20-25(16)10-11-27-20)19(26)24-8-6-5-7-9-24/h10-11,13H,5-9,12H2,1-4H3/t13-/m0/s1. The fourth-order valence-corrected chi connectivity index (χ4v) is 5.56. The highest BCUT2D eigenvalue weighted by atomic mass is 32.1. The number of aromatic nitrogens is 3. The third-order valence-corrected chi connectivity index (χ3v) is 7.26. The molecule has 1 atom stereocenters. The summed E-state index contributed by atoms with van der Waals surface area (Å²) in [5, 5.41) is 3.12. The molecule has 150 valence electrons. The van der Waals surface area contributed by atoms with Gasteiger partial charge in [0.05, 0.1) is 22.4 Å². The first-order valence-corrected chi connectivity index (χ1v) is 11.5. The van der Waals surface area contributed by atoms with Gasteiger partial charge in [-0.15, -0.1) is 22.7 Å². The number of fused-ring (bicyclic) bond motifs is 1. The van der Waals surface area contributed by atoms with E-state index in [1.807, 2.05) is 16.5 Å². The van der Waals surface area contributed by atoms with Crippen LogP contribution in [0.3, 0.4) is 0 Å². The van der Waals surface area contributed by atoms with Crippen LogP contribution < -0.4 is 0 Å². The minimum atomic E-state index is 0.0762. The van der Waals surface area contributed by atoms with E-state index < -0.39 is 0 Å². The third kappa shape index (κ3) is 3.60. The van der Waals surface area contributed by atoms with Gasteiger partial charge in [-0.05, 0) is 47.1 Å². The molecular weight excluding hydrogens is 390 g/mol. The molecule has 0 N–H and O–H groups in total. The molecule has 1 fully saturated rings. The van der Waals surface area contributed by atoms with Gasteiger partial charge in [-0.3, -0.25) is 14.1 Å². The van der Waals surface area contributed by atoms with Gasteiger partial charge >= 0.3 is 0 Å². The molecule has 6 nitrogen and oxygen atoms in total. The maximum atomic E-state index is 13.2. The number of likely N-dealkylation sites (tertiary alicyclic amines) is 1. The van der Waals surface area contributed by atoms with Crippen molar-refractivity contribution in [3.8, 4) is 0 Å². The van der Waals surface area contributed by atoms with Gasteiger partial charge in [0.2, 0.25) is 0 Å². The van der Waals surface area contributed by atoms with Crippen LogP contribution in [0, 0.1) is 13.8 Å². The summed E-state index contributed by atoms with van der Waals surface area (Å²) in [5.74, 6) is 0.0762. The quantitative estimate of drug-likeness (QED) is 0.621. The Morgan fingerprint density at radius 1 is 1.25 bits per heavy atom. The van der Waals surface area contributed by atoms with Gasteiger partial charge in [-0.2, -0.15) is 0 Å². The first kappa shape index (κ1) is 19.5. The lowest BCUT2D eigenvalue weighted by Gasteiger charge is -2.27. The van der Waals surface area contributed by atoms with Gasteiger partial charge in [0.15, 0.2) is 10.7 Å². The van der Waals surface area contributed by atoms with E-state index >= 15 is 0 Å². The summed E-state index contributed by atoms with van der Waals surface area (Å²) >= 11 is 3.32. The highest BCUT2D eigenvalue weighted by Crippen LogP contribution is 2.28. The molecule has 0 bridgehead atoms. The van der Waals surface area contributed by atoms with E-state index in [0.717, 1.165) is 47.3 Å². The molecule has 4 rings (SSSR count). The number of aryl methyl sites for hydroxylation is 2. The number of carbonyl (C=O) groups is 1. The number of hydrogen-bond acceptors (Lipinski definition) is 6. The van der Waals surface area contributed by atoms with E-state index in [-0.39, 0.29) is 11.9 Å². The minimum absolute atomic E-state index is 0.0762. The smallest absolute Gasteiger partial charge is 0.274 e. The Labute approximate surface area is 173 Å². The van der Waals surface area contributed by atoms with Crippen LogP contribution in [0.15, 0.2) is 11.6 Å². The molecule has 0 aliphatic carbocycles. The van der Waals surface area contributed by atoms with Crippen LogP contribution in [-0.4, -0.2) is 50.2 Å². The number of rotatable bonds is 5. The molecule has 0 saturated carbocycles. The molecule has 3 aromatic rings. The van der Waals surface area contributed by atoms with Crippen LogP contribution in [0.1, 0.15) is 64.0 Å². The molecule has 1 saturated heterocycles. The van der Waals surface area contributed by atoms with Crippen LogP contribution in [0.5, 0.6) is 0 Å². The summed E-state index contributed by atoms with van der Waals surface area (Å²) in [5.41, 5.74) is 2.71. The predicted octanol–water partition coefficient (Wildman–Crippen LogP) is 4.29. The molecule has 1 aliphatic heterocycles. The van der Waals surface area contributed by atoms with Crippen LogP contribution in [0.25, 0.3) is 4.96 Å². The lowest BCUT2D eigenvalue weighted by molar-refractivity contribution is 0.0716. The number of imidazole rings is 1. The van der Waals surface area contributed by atoms with Gasteiger partial charge in [0.25, 0.3) is 5.91 Å². The Balaban J connectivity index is 1.63. The second-order valence-corrected chi connectivity index (χ2v) is 9.86. The summed E-state index contributed by atoms with van der Waals surface area (Å²) in [7, 11) is 2.10. The lowest BCUT2D eigenvalue weighted by atomic mass is 10.1. The van der Waals surface area contributed by atoms with Gasteiger partial charge in [0.1, 0.15) is 0 Å². The van der Waals surface area contributed by atoms with Crippen molar-refractivity contribution in [3.05, 3.63) is 38.5 Å². The molecule has 0 aromatic carbocycles. The fraction of sp³-hybridized carbons (Fsp3) is 0.550. The van der Waals surface area contributed by atoms with Crippen molar-refractivity contribution >= 4 is 33.5 Å². The summed E-state index contributed by atoms with van der Waals surface area (Å²) in [6.07, 6.45) is 5.40. The highest BCUT2D eigenvalue weighted by Gasteiger charge is 2.27. The number of hydrogen-bond donors (Lipinski definition) is 0. The predicted molar refractivity (Wildman–Crippen MR) is 114 cm³/mol. The van der Waals surface area contributed by atoms with Crippen molar-refractivity contribution in [1.82, 2.24) is 24.2 Å². The summed E-state index contributed by atoms with van der Waals surface area (Å²) in [4.78, 5) is 29.0. The van der Waals surface area contributed by atoms with Crippen molar-refractivity contribution in [2.75, 3.05) is 20.1 Å². The molecule has 1 amide bonds. The number of thiazole rings is 2. The second-order valence-electron chi connectivity index (χ2n) is 7.58. The van der Waals surface area contributed by atoms with E-state index in [2.05, 4.69) is 37.1 Å². The van der Waals surface area contributed by atoms with Crippen molar-refractivity contribution in [2.24, 2.45) is 0 Å². The number of nitrogens with zero attached hydrogens (tertiary/aromatic N) is 5. The molecular formula is C20H27N5OS2. The van der Waals surface area contributed by atoms with Crippen LogP contribution in [-0.2, 0) is 6.54 Å². The van der Waals surface area contributed by atoms with Gasteiger partial charge in [-0.25, -0.2) is 9.97 Å². The van der Waals surface area contributed by atoms with Crippen molar-refractivity contribution < 1.29 is 4.79 Å². The van der Waals surface area contributed by atoms with E-state index in [1.165, 1.54) is 11.3 Å². The Morgan fingerprint density at radius 3 is 2.68 bits per heavy atom. The van der Waals surface area contributed by atoms with Crippen molar-refractivity contribution in [2.45, 2.75) is 52.6 Å². The number of amides is 1. The molecule has 0 radical (unpaired) electrons. The molecule has 1 aliphatic rings. The Kier molecular flexibility index (Phi) is 5.53. The largest absolute Gasteiger partial charge is 0.337 e. The average molecular weight is 418 g/mol. The summed E-state index contributed by atoms with van der Waals surface area (Å²) in [6, 6.07) is 0.173. The maximum absolute atomic E-state index is 13.2. The van der Waals surface area contributed by atoms with E-state index in [4.69, 9.17) is 9.97 Å². The van der Waals surface area contributed by atoms with E-state index in [9.17, 15) is 4.79 Å². The zero-order chi connectivity index (χ0) is 19.8. The van der Waals surface area contributed by atoms with Crippen molar-refractivity contribution in [3.63, 3.8) is 0 Å². The van der Waals surface area contributed by atoms with Crippen LogP contribution in [0.2, 0.25) is 0 Å². The monoisotopic (exact) mass is 417 g/mol. The normalized spacial score (nSPS) is 16.2. The summed E-state index contributed by atoms with van der Waals surface area (Å²) < 4.78 is 2.07. The summed E-state index contributed by atoms with van der Waals surface area (Å²) in [6.45, 7) is 8.70. The Hall–Kier alpha value is -1.77. The van der Waals surface area contributed by atoms with Crippen LogP contribution >= 0.6 is 22.7 Å². The molecule has 0 unspecified atom stereocenters. The fourth-order valence-electron chi connectivity index (χ4n) is 3.92. The van der Waals surface area contributed by atoms with Crippen molar-refractivity contribution in [1.29, 1.82) is 0 Å².